The van der Waals surface area contributed by atoms with E-state index in [0.29, 0.717) is 12.1 Å². The first kappa shape index (κ1) is 18.6. The van der Waals surface area contributed by atoms with Crippen molar-refractivity contribution in [2.24, 2.45) is 12.5 Å². The van der Waals surface area contributed by atoms with Crippen LogP contribution in [0.15, 0.2) is 0 Å². The van der Waals surface area contributed by atoms with Gasteiger partial charge in [-0.05, 0) is 27.2 Å². The first-order valence-electron chi connectivity index (χ1n) is 6.72. The largest absolute Gasteiger partial charge is 0.436 e. The summed E-state index contributed by atoms with van der Waals surface area (Å²) >= 11 is 0. The van der Waals surface area contributed by atoms with Crippen LogP contribution in [-0.2, 0) is 19.6 Å². The summed E-state index contributed by atoms with van der Waals surface area (Å²) in [5, 5.41) is 3.54. The Labute approximate surface area is 119 Å². The predicted molar refractivity (Wildman–Crippen MR) is 75.3 cm³/mol. The van der Waals surface area contributed by atoms with Gasteiger partial charge in [-0.3, -0.25) is 4.68 Å². The number of rotatable bonds is 1. The fourth-order valence-corrected chi connectivity index (χ4v) is 1.54. The Morgan fingerprint density at radius 3 is 2.00 bits per heavy atom. The van der Waals surface area contributed by atoms with Crippen LogP contribution in [0.3, 0.4) is 0 Å². The van der Waals surface area contributed by atoms with Crippen LogP contribution >= 0.6 is 0 Å². The molecule has 1 aromatic rings. The van der Waals surface area contributed by atoms with Gasteiger partial charge in [0.2, 0.25) is 0 Å². The maximum atomic E-state index is 12.9. The second-order valence-corrected chi connectivity index (χ2v) is 5.15. The lowest BCUT2D eigenvalue weighted by Crippen LogP contribution is -2.09. The molecule has 0 bridgehead atoms. The molecule has 0 spiro atoms. The van der Waals surface area contributed by atoms with Gasteiger partial charge < -0.3 is 0 Å². The van der Waals surface area contributed by atoms with Gasteiger partial charge in [0, 0.05) is 12.5 Å². The standard InChI is InChI=1S/C13H17F3N2.C2H6/c1-6-10-9(7-8-12(2,3)4)11(13(14,15)16)17-18(10)5;1-2/h6H2,1-5H3;1-2H3. The zero-order valence-electron chi connectivity index (χ0n) is 13.2. The zero-order valence-corrected chi connectivity index (χ0v) is 13.2. The van der Waals surface area contributed by atoms with Crippen molar-refractivity contribution in [3.63, 3.8) is 0 Å². The molecule has 0 aliphatic rings. The summed E-state index contributed by atoms with van der Waals surface area (Å²) in [5.74, 6) is 5.48. The second-order valence-electron chi connectivity index (χ2n) is 5.15. The molecule has 0 aliphatic carbocycles. The van der Waals surface area contributed by atoms with Crippen molar-refractivity contribution in [2.75, 3.05) is 0 Å². The smallest absolute Gasteiger partial charge is 0.271 e. The van der Waals surface area contributed by atoms with Gasteiger partial charge in [-0.1, -0.05) is 32.6 Å². The molecular weight excluding hydrogens is 265 g/mol. The third-order valence-corrected chi connectivity index (χ3v) is 2.33. The average molecular weight is 288 g/mol. The Kier molecular flexibility index (Phi) is 6.33. The molecule has 0 fully saturated rings. The molecule has 0 atom stereocenters. The molecule has 0 saturated heterocycles. The van der Waals surface area contributed by atoms with Crippen LogP contribution in [0.1, 0.15) is 58.5 Å². The molecule has 2 nitrogen and oxygen atoms in total. The maximum absolute atomic E-state index is 12.9. The van der Waals surface area contributed by atoms with Crippen LogP contribution < -0.4 is 0 Å². The molecule has 20 heavy (non-hydrogen) atoms. The fraction of sp³-hybridized carbons (Fsp3) is 0.667. The van der Waals surface area contributed by atoms with Crippen LogP contribution in [0.4, 0.5) is 13.2 Å². The van der Waals surface area contributed by atoms with Crippen molar-refractivity contribution >= 4 is 0 Å². The molecule has 5 heteroatoms. The topological polar surface area (TPSA) is 17.8 Å². The molecular formula is C15H23F3N2. The minimum Gasteiger partial charge on any atom is -0.271 e. The van der Waals surface area contributed by atoms with Gasteiger partial charge in [0.05, 0.1) is 11.3 Å². The monoisotopic (exact) mass is 288 g/mol. The summed E-state index contributed by atoms with van der Waals surface area (Å²) in [6.45, 7) is 11.4. The lowest BCUT2D eigenvalue weighted by molar-refractivity contribution is -0.141. The Balaban J connectivity index is 0.00000172. The van der Waals surface area contributed by atoms with Crippen LogP contribution in [0.5, 0.6) is 0 Å². The molecule has 1 aromatic heterocycles. The minimum absolute atomic E-state index is 0.00225. The molecule has 0 aliphatic heterocycles. The lowest BCUT2D eigenvalue weighted by atomic mass is 9.97. The van der Waals surface area contributed by atoms with Crippen molar-refractivity contribution in [3.8, 4) is 11.8 Å². The Bertz CT molecular complexity index is 494. The van der Waals surface area contributed by atoms with Gasteiger partial charge in [0.15, 0.2) is 5.69 Å². The molecule has 1 rings (SSSR count). The highest BCUT2D eigenvalue weighted by atomic mass is 19.4. The van der Waals surface area contributed by atoms with Crippen molar-refractivity contribution in [2.45, 2.75) is 54.1 Å². The highest BCUT2D eigenvalue weighted by molar-refractivity contribution is 5.44. The van der Waals surface area contributed by atoms with Gasteiger partial charge in [0.1, 0.15) is 0 Å². The van der Waals surface area contributed by atoms with Gasteiger partial charge in [-0.25, -0.2) is 0 Å². The first-order valence-corrected chi connectivity index (χ1v) is 6.72. The maximum Gasteiger partial charge on any atom is 0.436 e. The Hall–Kier alpha value is -1.44. The third-order valence-electron chi connectivity index (χ3n) is 2.33. The van der Waals surface area contributed by atoms with E-state index in [1.165, 1.54) is 11.7 Å². The molecule has 0 radical (unpaired) electrons. The van der Waals surface area contributed by atoms with E-state index in [0.717, 1.165) is 0 Å². The van der Waals surface area contributed by atoms with E-state index in [4.69, 9.17) is 0 Å². The van der Waals surface area contributed by atoms with Gasteiger partial charge >= 0.3 is 6.18 Å². The Morgan fingerprint density at radius 2 is 1.65 bits per heavy atom. The molecule has 114 valence electrons. The van der Waals surface area contributed by atoms with E-state index in [2.05, 4.69) is 16.9 Å². The normalized spacial score (nSPS) is 11.3. The van der Waals surface area contributed by atoms with Gasteiger partial charge in [-0.15, -0.1) is 0 Å². The number of halogens is 3. The summed E-state index contributed by atoms with van der Waals surface area (Å²) in [6.07, 6.45) is -4.00. The molecule has 0 unspecified atom stereocenters. The SMILES string of the molecule is CC.CCc1c(C#CC(C)(C)C)c(C(F)(F)F)nn1C. The zero-order chi connectivity index (χ0) is 16.1. The van der Waals surface area contributed by atoms with E-state index in [1.54, 1.807) is 6.92 Å². The van der Waals surface area contributed by atoms with E-state index >= 15 is 0 Å². The number of nitrogens with zero attached hydrogens (tertiary/aromatic N) is 2. The summed E-state index contributed by atoms with van der Waals surface area (Å²) in [6, 6.07) is 0. The molecule has 0 amide bonds. The number of aryl methyl sites for hydroxylation is 1. The summed E-state index contributed by atoms with van der Waals surface area (Å²) in [5.41, 5.74) is -0.718. The summed E-state index contributed by atoms with van der Waals surface area (Å²) < 4.78 is 39.8. The number of hydrogen-bond donors (Lipinski definition) is 0. The van der Waals surface area contributed by atoms with Crippen molar-refractivity contribution < 1.29 is 13.2 Å². The molecule has 0 aromatic carbocycles. The van der Waals surface area contributed by atoms with E-state index in [9.17, 15) is 13.2 Å². The molecule has 1 heterocycles. The first-order chi connectivity index (χ1) is 9.06. The minimum atomic E-state index is -4.47. The van der Waals surface area contributed by atoms with Gasteiger partial charge in [-0.2, -0.15) is 18.3 Å². The number of alkyl halides is 3. The molecule has 0 N–H and O–H groups in total. The third kappa shape index (κ3) is 4.92. The quantitative estimate of drug-likeness (QED) is 0.699. The van der Waals surface area contributed by atoms with Crippen LogP contribution in [-0.4, -0.2) is 9.78 Å². The van der Waals surface area contributed by atoms with Crippen LogP contribution in [0.25, 0.3) is 0 Å². The average Bonchev–Trinajstić information content (AvgIpc) is 2.64. The van der Waals surface area contributed by atoms with E-state index in [1.807, 2.05) is 34.6 Å². The lowest BCUT2D eigenvalue weighted by Gasteiger charge is -2.08. The predicted octanol–water partition coefficient (Wildman–Crippen LogP) is 4.43. The van der Waals surface area contributed by atoms with Crippen molar-refractivity contribution in [1.82, 2.24) is 9.78 Å². The summed E-state index contributed by atoms with van der Waals surface area (Å²) in [4.78, 5) is 0. The second kappa shape index (κ2) is 6.83. The van der Waals surface area contributed by atoms with E-state index < -0.39 is 11.9 Å². The summed E-state index contributed by atoms with van der Waals surface area (Å²) in [7, 11) is 1.51. The highest BCUT2D eigenvalue weighted by Crippen LogP contribution is 2.32. The number of aromatic nitrogens is 2. The molecule has 0 saturated carbocycles. The highest BCUT2D eigenvalue weighted by Gasteiger charge is 2.38. The van der Waals surface area contributed by atoms with Crippen LogP contribution in [0.2, 0.25) is 0 Å². The van der Waals surface area contributed by atoms with E-state index in [-0.39, 0.29) is 11.0 Å². The Morgan fingerprint density at radius 1 is 1.15 bits per heavy atom. The fourth-order valence-electron chi connectivity index (χ4n) is 1.54. The van der Waals surface area contributed by atoms with Crippen molar-refractivity contribution in [1.29, 1.82) is 0 Å². The van der Waals surface area contributed by atoms with Gasteiger partial charge in [0.25, 0.3) is 0 Å². The number of hydrogen-bond acceptors (Lipinski definition) is 1. The van der Waals surface area contributed by atoms with Crippen molar-refractivity contribution in [3.05, 3.63) is 17.0 Å². The van der Waals surface area contributed by atoms with Crippen LogP contribution in [0, 0.1) is 17.3 Å².